The maximum atomic E-state index is 12.5. The van der Waals surface area contributed by atoms with Gasteiger partial charge in [0.2, 0.25) is 5.91 Å². The molecule has 0 aromatic carbocycles. The van der Waals surface area contributed by atoms with Crippen LogP contribution in [0.5, 0.6) is 0 Å². The highest BCUT2D eigenvalue weighted by atomic mass is 32.1. The van der Waals surface area contributed by atoms with Gasteiger partial charge in [0.15, 0.2) is 5.13 Å². The van der Waals surface area contributed by atoms with E-state index < -0.39 is 0 Å². The topological polar surface area (TPSA) is 68.0 Å². The molecule has 4 unspecified atom stereocenters. The van der Waals surface area contributed by atoms with Crippen LogP contribution in [0.1, 0.15) is 36.3 Å². The van der Waals surface area contributed by atoms with Crippen molar-refractivity contribution < 1.29 is 4.79 Å². The second-order valence-corrected chi connectivity index (χ2v) is 8.48. The lowest BCUT2D eigenvalue weighted by Gasteiger charge is -2.15. The molecule has 0 spiro atoms. The number of rotatable bonds is 2. The summed E-state index contributed by atoms with van der Waals surface area (Å²) in [6.07, 6.45) is 7.00. The minimum Gasteiger partial charge on any atom is -0.327 e. The van der Waals surface area contributed by atoms with Crippen LogP contribution in [0, 0.1) is 29.6 Å². The first-order valence-electron chi connectivity index (χ1n) is 8.25. The fourth-order valence-electron chi connectivity index (χ4n) is 5.32. The van der Waals surface area contributed by atoms with Crippen LogP contribution < -0.4 is 11.1 Å². The lowest BCUT2D eigenvalue weighted by Crippen LogP contribution is -2.27. The molecule has 5 rings (SSSR count). The molecule has 3 N–H and O–H groups in total. The van der Waals surface area contributed by atoms with Gasteiger partial charge in [-0.1, -0.05) is 0 Å². The fraction of sp³-hybridized carbons (Fsp3) is 0.750. The van der Waals surface area contributed by atoms with Crippen LogP contribution in [0.2, 0.25) is 0 Å². The van der Waals surface area contributed by atoms with Crippen molar-refractivity contribution in [3.05, 3.63) is 10.6 Å². The van der Waals surface area contributed by atoms with E-state index in [4.69, 9.17) is 5.73 Å². The average molecular weight is 303 g/mol. The summed E-state index contributed by atoms with van der Waals surface area (Å²) in [5.74, 6) is 3.62. The molecular weight excluding hydrogens is 282 g/mol. The Balaban J connectivity index is 1.29. The highest BCUT2D eigenvalue weighted by Gasteiger charge is 2.67. The zero-order chi connectivity index (χ0) is 14.1. The van der Waals surface area contributed by atoms with Crippen molar-refractivity contribution in [3.63, 3.8) is 0 Å². The molecule has 1 amide bonds. The Morgan fingerprint density at radius 2 is 2.00 bits per heavy atom. The quantitative estimate of drug-likeness (QED) is 0.880. The van der Waals surface area contributed by atoms with Crippen LogP contribution in [-0.2, 0) is 17.6 Å². The predicted molar refractivity (Wildman–Crippen MR) is 82.0 cm³/mol. The van der Waals surface area contributed by atoms with Gasteiger partial charge in [-0.3, -0.25) is 4.79 Å². The van der Waals surface area contributed by atoms with Gasteiger partial charge in [0.1, 0.15) is 0 Å². The van der Waals surface area contributed by atoms with Gasteiger partial charge >= 0.3 is 0 Å². The normalized spacial score (nSPS) is 42.5. The third-order valence-corrected chi connectivity index (χ3v) is 7.28. The lowest BCUT2D eigenvalue weighted by atomic mass is 9.99. The molecule has 0 radical (unpaired) electrons. The van der Waals surface area contributed by atoms with E-state index in [2.05, 4.69) is 10.3 Å². The number of nitrogens with zero attached hydrogens (tertiary/aromatic N) is 1. The monoisotopic (exact) mass is 303 g/mol. The molecule has 2 bridgehead atoms. The Bertz CT molecular complexity index is 597. The van der Waals surface area contributed by atoms with Crippen molar-refractivity contribution in [3.8, 4) is 0 Å². The van der Waals surface area contributed by atoms with E-state index in [0.717, 1.165) is 41.9 Å². The van der Waals surface area contributed by atoms with Gasteiger partial charge < -0.3 is 11.1 Å². The molecule has 4 aliphatic carbocycles. The molecule has 4 aliphatic rings. The van der Waals surface area contributed by atoms with Crippen molar-refractivity contribution in [1.82, 2.24) is 4.98 Å². The number of hydrogen-bond donors (Lipinski definition) is 2. The maximum Gasteiger partial charge on any atom is 0.229 e. The van der Waals surface area contributed by atoms with E-state index in [1.807, 2.05) is 0 Å². The number of fused-ring (bicyclic) bond motifs is 6. The Kier molecular flexibility index (Phi) is 2.57. The Labute approximate surface area is 128 Å². The van der Waals surface area contributed by atoms with Gasteiger partial charge in [-0.2, -0.15) is 0 Å². The number of aryl methyl sites for hydroxylation is 1. The van der Waals surface area contributed by atoms with Gasteiger partial charge in [0.05, 0.1) is 5.69 Å². The first kappa shape index (κ1) is 12.6. The smallest absolute Gasteiger partial charge is 0.229 e. The van der Waals surface area contributed by atoms with Crippen LogP contribution in [0.4, 0.5) is 5.13 Å². The van der Waals surface area contributed by atoms with Crippen molar-refractivity contribution in [1.29, 1.82) is 0 Å². The van der Waals surface area contributed by atoms with Crippen molar-refractivity contribution in [2.45, 2.75) is 44.6 Å². The zero-order valence-electron chi connectivity index (χ0n) is 12.0. The van der Waals surface area contributed by atoms with E-state index >= 15 is 0 Å². The van der Waals surface area contributed by atoms with E-state index in [0.29, 0.717) is 17.8 Å². The number of nitrogens with one attached hydrogen (secondary N) is 1. The largest absolute Gasteiger partial charge is 0.327 e. The molecule has 4 nitrogen and oxygen atoms in total. The molecule has 21 heavy (non-hydrogen) atoms. The van der Waals surface area contributed by atoms with E-state index in [1.54, 1.807) is 11.3 Å². The summed E-state index contributed by atoms with van der Waals surface area (Å²) >= 11 is 1.63. The summed E-state index contributed by atoms with van der Waals surface area (Å²) in [6, 6.07) is 0.264. The Morgan fingerprint density at radius 3 is 2.76 bits per heavy atom. The molecule has 3 fully saturated rings. The van der Waals surface area contributed by atoms with Gasteiger partial charge in [0, 0.05) is 16.8 Å². The van der Waals surface area contributed by atoms with Gasteiger partial charge in [-0.25, -0.2) is 4.98 Å². The second kappa shape index (κ2) is 4.29. The van der Waals surface area contributed by atoms with Crippen molar-refractivity contribution in [2.24, 2.45) is 35.3 Å². The fourth-order valence-corrected chi connectivity index (χ4v) is 6.42. The first-order chi connectivity index (χ1) is 10.2. The summed E-state index contributed by atoms with van der Waals surface area (Å²) in [4.78, 5) is 18.4. The second-order valence-electron chi connectivity index (χ2n) is 7.39. The first-order valence-corrected chi connectivity index (χ1v) is 9.07. The molecule has 3 saturated carbocycles. The number of hydrogen-bond acceptors (Lipinski definition) is 4. The summed E-state index contributed by atoms with van der Waals surface area (Å²) in [6.45, 7) is 0. The third-order valence-electron chi connectivity index (χ3n) is 6.25. The number of anilines is 1. The van der Waals surface area contributed by atoms with E-state index in [9.17, 15) is 4.79 Å². The SMILES string of the molecule is N[C@H]1CCc2nc(NC(=O)C3C4C5CCC(C5)C34)sc2C1. The van der Waals surface area contributed by atoms with E-state index in [1.165, 1.54) is 24.1 Å². The molecule has 5 heteroatoms. The van der Waals surface area contributed by atoms with Crippen LogP contribution in [-0.4, -0.2) is 16.9 Å². The molecule has 0 saturated heterocycles. The number of amides is 1. The van der Waals surface area contributed by atoms with Crippen LogP contribution in [0.25, 0.3) is 0 Å². The summed E-state index contributed by atoms with van der Waals surface area (Å²) in [5.41, 5.74) is 7.17. The van der Waals surface area contributed by atoms with Crippen LogP contribution in [0.15, 0.2) is 0 Å². The molecule has 1 heterocycles. The van der Waals surface area contributed by atoms with Crippen LogP contribution in [0.3, 0.4) is 0 Å². The molecular formula is C16H21N3OS. The molecule has 5 atom stereocenters. The van der Waals surface area contributed by atoms with Crippen LogP contribution >= 0.6 is 11.3 Å². The highest BCUT2D eigenvalue weighted by Crippen LogP contribution is 2.69. The summed E-state index contributed by atoms with van der Waals surface area (Å²) in [5, 5.41) is 3.90. The highest BCUT2D eigenvalue weighted by molar-refractivity contribution is 7.15. The lowest BCUT2D eigenvalue weighted by molar-refractivity contribution is -0.118. The molecule has 1 aromatic rings. The number of aromatic nitrogens is 1. The standard InChI is InChI=1S/C16H21N3OS/c17-9-3-4-10-11(6-9)21-16(18-10)19-15(20)14-12-7-1-2-8(5-7)13(12)14/h7-9,12-14H,1-6,17H2,(H,18,19,20)/t7?,8?,9-,12?,13?,14?/m0/s1. The van der Waals surface area contributed by atoms with Gasteiger partial charge in [0.25, 0.3) is 0 Å². The minimum atomic E-state index is 0.233. The minimum absolute atomic E-state index is 0.233. The molecule has 1 aromatic heterocycles. The summed E-state index contributed by atoms with van der Waals surface area (Å²) < 4.78 is 0. The van der Waals surface area contributed by atoms with Gasteiger partial charge in [-0.15, -0.1) is 11.3 Å². The number of thiazole rings is 1. The van der Waals surface area contributed by atoms with E-state index in [-0.39, 0.29) is 11.9 Å². The molecule has 112 valence electrons. The Hall–Kier alpha value is -0.940. The average Bonchev–Trinajstić information content (AvgIpc) is 2.77. The van der Waals surface area contributed by atoms with Crippen molar-refractivity contribution in [2.75, 3.05) is 5.32 Å². The predicted octanol–water partition coefficient (Wildman–Crippen LogP) is 2.19. The summed E-state index contributed by atoms with van der Waals surface area (Å²) in [7, 11) is 0. The number of carbonyl (C=O) groups is 1. The number of nitrogens with two attached hydrogens (primary N) is 1. The van der Waals surface area contributed by atoms with Gasteiger partial charge in [-0.05, 0) is 62.2 Å². The maximum absolute atomic E-state index is 12.5. The van der Waals surface area contributed by atoms with Crippen molar-refractivity contribution >= 4 is 22.4 Å². The Morgan fingerprint density at radius 1 is 1.24 bits per heavy atom. The third kappa shape index (κ3) is 1.83. The number of carbonyl (C=O) groups excluding carboxylic acids is 1. The zero-order valence-corrected chi connectivity index (χ0v) is 12.9. The molecule has 0 aliphatic heterocycles.